The Morgan fingerprint density at radius 3 is 2.69 bits per heavy atom. The van der Waals surface area contributed by atoms with Crippen LogP contribution in [0.1, 0.15) is 5.56 Å². The van der Waals surface area contributed by atoms with Crippen molar-refractivity contribution in [3.63, 3.8) is 0 Å². The van der Waals surface area contributed by atoms with E-state index in [2.05, 4.69) is 10.3 Å². The zero-order chi connectivity index (χ0) is 19.2. The van der Waals surface area contributed by atoms with Gasteiger partial charge in [0.25, 0.3) is 0 Å². The summed E-state index contributed by atoms with van der Waals surface area (Å²) in [6, 6.07) is 10.6. The van der Waals surface area contributed by atoms with Crippen molar-refractivity contribution in [2.45, 2.75) is 11.9 Å². The molecule has 0 aliphatic carbocycles. The van der Waals surface area contributed by atoms with E-state index >= 15 is 0 Å². The number of carbonyl (C=O) groups excluding carboxylic acids is 1. The number of nitrogens with one attached hydrogen (secondary N) is 1. The first-order chi connectivity index (χ1) is 12.3. The summed E-state index contributed by atoms with van der Waals surface area (Å²) in [5.74, 6) is 0.258. The van der Waals surface area contributed by atoms with Crippen LogP contribution in [0.3, 0.4) is 0 Å². The maximum absolute atomic E-state index is 12.2. The molecule has 0 atom stereocenters. The van der Waals surface area contributed by atoms with Crippen LogP contribution in [0.25, 0.3) is 0 Å². The van der Waals surface area contributed by atoms with Crippen LogP contribution >= 0.6 is 23.4 Å². The number of aromatic nitrogens is 1. The van der Waals surface area contributed by atoms with E-state index in [4.69, 9.17) is 11.6 Å². The van der Waals surface area contributed by atoms with E-state index in [-0.39, 0.29) is 12.5 Å². The first kappa shape index (κ1) is 20.5. The summed E-state index contributed by atoms with van der Waals surface area (Å²) in [5.41, 5.74) is 1.01. The van der Waals surface area contributed by atoms with Gasteiger partial charge in [0.05, 0.1) is 17.0 Å². The van der Waals surface area contributed by atoms with Crippen molar-refractivity contribution in [1.82, 2.24) is 10.3 Å². The largest absolute Gasteiger partial charge is 0.354 e. The SMILES string of the molecule is Cc1c(Cl)cccc1N(CC(=O)NCCSc1ccccn1)S(C)(=O)=O. The van der Waals surface area contributed by atoms with Crippen LogP contribution < -0.4 is 9.62 Å². The molecule has 0 aliphatic heterocycles. The lowest BCUT2D eigenvalue weighted by atomic mass is 10.2. The molecule has 0 unspecified atom stereocenters. The Balaban J connectivity index is 1.96. The molecule has 6 nitrogen and oxygen atoms in total. The van der Waals surface area contributed by atoms with Gasteiger partial charge in [0.2, 0.25) is 15.9 Å². The zero-order valence-corrected chi connectivity index (χ0v) is 16.9. The van der Waals surface area contributed by atoms with Gasteiger partial charge in [0.15, 0.2) is 0 Å². The predicted molar refractivity (Wildman–Crippen MR) is 106 cm³/mol. The fraction of sp³-hybridized carbons (Fsp3) is 0.294. The van der Waals surface area contributed by atoms with Crippen LogP contribution in [0.5, 0.6) is 0 Å². The molecule has 0 saturated carbocycles. The third-order valence-corrected chi connectivity index (χ3v) is 5.99. The van der Waals surface area contributed by atoms with Gasteiger partial charge >= 0.3 is 0 Å². The number of hydrogen-bond donors (Lipinski definition) is 1. The maximum atomic E-state index is 12.2. The fourth-order valence-electron chi connectivity index (χ4n) is 2.21. The number of amides is 1. The minimum absolute atomic E-state index is 0.297. The molecule has 9 heteroatoms. The van der Waals surface area contributed by atoms with Crippen LogP contribution in [0.4, 0.5) is 5.69 Å². The highest BCUT2D eigenvalue weighted by Crippen LogP contribution is 2.27. The molecule has 1 aromatic carbocycles. The molecule has 1 heterocycles. The van der Waals surface area contributed by atoms with Crippen molar-refractivity contribution >= 4 is 45.0 Å². The van der Waals surface area contributed by atoms with E-state index < -0.39 is 10.0 Å². The van der Waals surface area contributed by atoms with E-state index in [1.807, 2.05) is 18.2 Å². The number of pyridine rings is 1. The second-order valence-corrected chi connectivity index (χ2v) is 8.95. The quantitative estimate of drug-likeness (QED) is 0.531. The first-order valence-electron chi connectivity index (χ1n) is 7.82. The molecule has 2 rings (SSSR count). The van der Waals surface area contributed by atoms with E-state index in [1.165, 1.54) is 11.8 Å². The topological polar surface area (TPSA) is 79.4 Å². The van der Waals surface area contributed by atoms with Crippen molar-refractivity contribution < 1.29 is 13.2 Å². The molecule has 0 aliphatic rings. The molecule has 0 bridgehead atoms. The van der Waals surface area contributed by atoms with Gasteiger partial charge in [-0.05, 0) is 36.8 Å². The number of anilines is 1. The van der Waals surface area contributed by atoms with Crippen molar-refractivity contribution in [2.75, 3.05) is 29.4 Å². The third kappa shape index (κ3) is 5.89. The fourth-order valence-corrected chi connectivity index (χ4v) is 4.01. The standard InChI is InChI=1S/C17H20ClN3O3S2/c1-13-14(18)6-5-7-15(13)21(26(2,23)24)12-16(22)19-10-11-25-17-8-3-4-9-20-17/h3-9H,10-12H2,1-2H3,(H,19,22). The molecule has 26 heavy (non-hydrogen) atoms. The lowest BCUT2D eigenvalue weighted by Gasteiger charge is -2.24. The Morgan fingerprint density at radius 1 is 1.27 bits per heavy atom. The van der Waals surface area contributed by atoms with Gasteiger partial charge in [0.1, 0.15) is 6.54 Å². The third-order valence-electron chi connectivity index (χ3n) is 3.51. The number of hydrogen-bond acceptors (Lipinski definition) is 5. The number of nitrogens with zero attached hydrogens (tertiary/aromatic N) is 2. The smallest absolute Gasteiger partial charge is 0.240 e. The van der Waals surface area contributed by atoms with E-state index in [1.54, 1.807) is 31.3 Å². The molecule has 1 amide bonds. The highest BCUT2D eigenvalue weighted by Gasteiger charge is 2.22. The number of sulfonamides is 1. The van der Waals surface area contributed by atoms with Gasteiger partial charge in [-0.3, -0.25) is 9.10 Å². The van der Waals surface area contributed by atoms with Crippen molar-refractivity contribution in [3.8, 4) is 0 Å². The van der Waals surface area contributed by atoms with Gasteiger partial charge in [0, 0.05) is 23.5 Å². The molecule has 0 saturated heterocycles. The number of rotatable bonds is 8. The minimum Gasteiger partial charge on any atom is -0.354 e. The highest BCUT2D eigenvalue weighted by atomic mass is 35.5. The van der Waals surface area contributed by atoms with Crippen molar-refractivity contribution in [3.05, 3.63) is 53.2 Å². The monoisotopic (exact) mass is 413 g/mol. The maximum Gasteiger partial charge on any atom is 0.240 e. The lowest BCUT2D eigenvalue weighted by molar-refractivity contribution is -0.119. The van der Waals surface area contributed by atoms with Gasteiger partial charge in [-0.15, -0.1) is 11.8 Å². The summed E-state index contributed by atoms with van der Waals surface area (Å²) >= 11 is 7.59. The summed E-state index contributed by atoms with van der Waals surface area (Å²) in [7, 11) is -3.63. The Labute approximate surface area is 163 Å². The number of carbonyl (C=O) groups is 1. The Hall–Kier alpha value is -1.77. The van der Waals surface area contributed by atoms with Gasteiger partial charge in [-0.1, -0.05) is 23.7 Å². The molecule has 1 aromatic heterocycles. The predicted octanol–water partition coefficient (Wildman–Crippen LogP) is 2.72. The molecule has 0 spiro atoms. The van der Waals surface area contributed by atoms with Gasteiger partial charge in [-0.25, -0.2) is 13.4 Å². The minimum atomic E-state index is -3.63. The van der Waals surface area contributed by atoms with E-state index in [0.717, 1.165) is 15.6 Å². The summed E-state index contributed by atoms with van der Waals surface area (Å²) in [6.07, 6.45) is 2.77. The normalized spacial score (nSPS) is 11.2. The second kappa shape index (κ2) is 9.25. The van der Waals surface area contributed by atoms with Crippen LogP contribution in [0, 0.1) is 6.92 Å². The number of thioether (sulfide) groups is 1. The van der Waals surface area contributed by atoms with Crippen LogP contribution in [0.2, 0.25) is 5.02 Å². The first-order valence-corrected chi connectivity index (χ1v) is 11.0. The van der Waals surface area contributed by atoms with Crippen LogP contribution in [0.15, 0.2) is 47.6 Å². The summed E-state index contributed by atoms with van der Waals surface area (Å²) in [5, 5.41) is 4.05. The van der Waals surface area contributed by atoms with E-state index in [9.17, 15) is 13.2 Å². The summed E-state index contributed by atoms with van der Waals surface area (Å²) in [6.45, 7) is 1.83. The van der Waals surface area contributed by atoms with Crippen LogP contribution in [-0.4, -0.2) is 44.4 Å². The molecule has 140 valence electrons. The average molecular weight is 414 g/mol. The van der Waals surface area contributed by atoms with Crippen molar-refractivity contribution in [2.24, 2.45) is 0 Å². The number of halogens is 1. The molecular weight excluding hydrogens is 394 g/mol. The molecule has 0 fully saturated rings. The average Bonchev–Trinajstić information content (AvgIpc) is 2.59. The Morgan fingerprint density at radius 2 is 2.04 bits per heavy atom. The van der Waals surface area contributed by atoms with Crippen LogP contribution in [-0.2, 0) is 14.8 Å². The molecule has 2 aromatic rings. The van der Waals surface area contributed by atoms with Gasteiger partial charge < -0.3 is 5.32 Å². The zero-order valence-electron chi connectivity index (χ0n) is 14.5. The highest BCUT2D eigenvalue weighted by molar-refractivity contribution is 7.99. The molecule has 0 radical (unpaired) electrons. The Bertz CT molecular complexity index is 861. The summed E-state index contributed by atoms with van der Waals surface area (Å²) in [4.78, 5) is 16.4. The molecular formula is C17H20ClN3O3S2. The van der Waals surface area contributed by atoms with Crippen molar-refractivity contribution in [1.29, 1.82) is 0 Å². The Kier molecular flexibility index (Phi) is 7.31. The number of benzene rings is 1. The second-order valence-electron chi connectivity index (χ2n) is 5.52. The summed E-state index contributed by atoms with van der Waals surface area (Å²) < 4.78 is 25.3. The lowest BCUT2D eigenvalue weighted by Crippen LogP contribution is -2.41. The van der Waals surface area contributed by atoms with Gasteiger partial charge in [-0.2, -0.15) is 0 Å². The molecule has 1 N–H and O–H groups in total. The van der Waals surface area contributed by atoms with E-state index in [0.29, 0.717) is 28.6 Å².